The Morgan fingerprint density at radius 2 is 1.95 bits per heavy atom. The van der Waals surface area contributed by atoms with Gasteiger partial charge in [0, 0.05) is 48.2 Å². The van der Waals surface area contributed by atoms with Gasteiger partial charge < -0.3 is 19.9 Å². The summed E-state index contributed by atoms with van der Waals surface area (Å²) in [4.78, 5) is 44.2. The molecule has 2 amide bonds. The summed E-state index contributed by atoms with van der Waals surface area (Å²) in [7, 11) is 3.50. The van der Waals surface area contributed by atoms with Gasteiger partial charge in [0.05, 0.1) is 11.2 Å². The van der Waals surface area contributed by atoms with Crippen LogP contribution in [-0.2, 0) is 24.4 Å². The van der Waals surface area contributed by atoms with Crippen molar-refractivity contribution in [2.45, 2.75) is 25.7 Å². The van der Waals surface area contributed by atoms with Gasteiger partial charge in [-0.25, -0.2) is 0 Å². The number of aromatic nitrogens is 1. The largest absolute Gasteiger partial charge is 0.386 e. The molecule has 5 rings (SSSR count). The van der Waals surface area contributed by atoms with Crippen molar-refractivity contribution < 1.29 is 14.7 Å². The van der Waals surface area contributed by atoms with Crippen LogP contribution in [0.25, 0.3) is 10.9 Å². The third-order valence-electron chi connectivity index (χ3n) is 6.87. The van der Waals surface area contributed by atoms with E-state index in [0.717, 1.165) is 11.1 Å². The molecule has 2 aromatic heterocycles. The highest BCUT2D eigenvalue weighted by Crippen LogP contribution is 2.31. The minimum atomic E-state index is -0.784. The van der Waals surface area contributed by atoms with E-state index in [4.69, 9.17) is 16.9 Å². The molecule has 11 heteroatoms. The molecule has 4 aromatic rings. The Morgan fingerprint density at radius 1 is 1.20 bits per heavy atom. The molecule has 9 nitrogen and oxygen atoms in total. The molecule has 0 bridgehead atoms. The molecular weight excluding hydrogens is 550 g/mol. The van der Waals surface area contributed by atoms with E-state index in [0.29, 0.717) is 44.5 Å². The number of carbonyl (C=O) groups excluding carboxylic acids is 2. The minimum Gasteiger partial charge on any atom is -0.386 e. The number of likely N-dealkylation sites (N-methyl/N-ethyl adjacent to an activating group) is 2. The van der Waals surface area contributed by atoms with Gasteiger partial charge in [0.25, 0.3) is 5.91 Å². The molecule has 2 aromatic carbocycles. The number of pyridine rings is 1. The molecule has 1 atom stereocenters. The number of thiophene rings is 1. The summed E-state index contributed by atoms with van der Waals surface area (Å²) in [6.45, 7) is 0.901. The molecule has 2 N–H and O–H groups in total. The van der Waals surface area contributed by atoms with Crippen LogP contribution in [0.5, 0.6) is 0 Å². The van der Waals surface area contributed by atoms with Crippen LogP contribution in [0, 0.1) is 11.3 Å². The summed E-state index contributed by atoms with van der Waals surface area (Å²) in [6, 6.07) is 16.1. The Bertz CT molecular complexity index is 1720. The number of aliphatic hydroxyl groups excluding tert-OH is 1. The summed E-state index contributed by atoms with van der Waals surface area (Å²) < 4.78 is 1.66. The highest BCUT2D eigenvalue weighted by molar-refractivity contribution is 7.12. The van der Waals surface area contributed by atoms with E-state index in [2.05, 4.69) is 11.4 Å². The van der Waals surface area contributed by atoms with Crippen LogP contribution in [0.4, 0.5) is 5.69 Å². The fourth-order valence-electron chi connectivity index (χ4n) is 4.83. The van der Waals surface area contributed by atoms with E-state index >= 15 is 0 Å². The molecular formula is C29H26ClN5O4S. The Morgan fingerprint density at radius 3 is 2.65 bits per heavy atom. The third-order valence-corrected chi connectivity index (χ3v) is 8.21. The SMILES string of the molecule is CN(Cc1cc2c3c(c1)c(=O)c(C(=O)NCc1ccc(Cl)cc1)cn3CC(=O)N2C)CC(O)c1ccc(C#N)s1. The van der Waals surface area contributed by atoms with Crippen molar-refractivity contribution in [3.8, 4) is 6.07 Å². The van der Waals surface area contributed by atoms with Crippen LogP contribution in [0.1, 0.15) is 37.3 Å². The van der Waals surface area contributed by atoms with E-state index in [9.17, 15) is 19.5 Å². The summed E-state index contributed by atoms with van der Waals surface area (Å²) in [5, 5.41) is 23.4. The lowest BCUT2D eigenvalue weighted by molar-refractivity contribution is -0.119. The van der Waals surface area contributed by atoms with Crippen LogP contribution >= 0.6 is 22.9 Å². The van der Waals surface area contributed by atoms with Crippen LogP contribution in [0.2, 0.25) is 5.02 Å². The van der Waals surface area contributed by atoms with E-state index in [1.54, 1.807) is 54.1 Å². The van der Waals surface area contributed by atoms with Gasteiger partial charge in [0.2, 0.25) is 11.3 Å². The molecule has 1 aliphatic rings. The summed E-state index contributed by atoms with van der Waals surface area (Å²) in [5.74, 6) is -0.700. The van der Waals surface area contributed by atoms with Crippen LogP contribution in [0.3, 0.4) is 0 Å². The number of hydrogen-bond donors (Lipinski definition) is 2. The van der Waals surface area contributed by atoms with Crippen molar-refractivity contribution in [1.82, 2.24) is 14.8 Å². The number of amides is 2. The molecule has 3 heterocycles. The summed E-state index contributed by atoms with van der Waals surface area (Å²) in [5.41, 5.74) is 2.30. The average molecular weight is 576 g/mol. The van der Waals surface area contributed by atoms with Crippen molar-refractivity contribution in [3.63, 3.8) is 0 Å². The highest BCUT2D eigenvalue weighted by Gasteiger charge is 2.27. The number of carbonyl (C=O) groups is 2. The van der Waals surface area contributed by atoms with Crippen LogP contribution in [-0.4, -0.2) is 47.0 Å². The monoisotopic (exact) mass is 575 g/mol. The molecule has 0 aliphatic carbocycles. The van der Waals surface area contributed by atoms with Crippen molar-refractivity contribution in [3.05, 3.63) is 96.4 Å². The maximum Gasteiger partial charge on any atom is 0.257 e. The highest BCUT2D eigenvalue weighted by atomic mass is 35.5. The van der Waals surface area contributed by atoms with Gasteiger partial charge in [-0.15, -0.1) is 11.3 Å². The smallest absolute Gasteiger partial charge is 0.257 e. The summed E-state index contributed by atoms with van der Waals surface area (Å²) >= 11 is 7.18. The van der Waals surface area contributed by atoms with Gasteiger partial charge >= 0.3 is 0 Å². The van der Waals surface area contributed by atoms with E-state index in [-0.39, 0.29) is 24.6 Å². The normalized spacial score (nSPS) is 13.5. The van der Waals surface area contributed by atoms with Gasteiger partial charge in [0.15, 0.2) is 0 Å². The number of nitrogens with one attached hydrogen (secondary N) is 1. The fraction of sp³-hybridized carbons (Fsp3) is 0.241. The van der Waals surface area contributed by atoms with Gasteiger partial charge in [-0.05, 0) is 54.6 Å². The molecule has 0 fully saturated rings. The second kappa shape index (κ2) is 11.2. The molecule has 204 valence electrons. The maximum atomic E-state index is 13.6. The maximum absolute atomic E-state index is 13.6. The quantitative estimate of drug-likeness (QED) is 0.331. The zero-order valence-electron chi connectivity index (χ0n) is 21.8. The first kappa shape index (κ1) is 27.6. The third kappa shape index (κ3) is 5.50. The molecule has 1 aliphatic heterocycles. The number of aliphatic hydroxyl groups is 1. The molecule has 0 saturated carbocycles. The van der Waals surface area contributed by atoms with Crippen LogP contribution < -0.4 is 15.6 Å². The number of rotatable bonds is 8. The van der Waals surface area contributed by atoms with Crippen molar-refractivity contribution >= 4 is 51.3 Å². The lowest BCUT2D eigenvalue weighted by Crippen LogP contribution is -2.37. The van der Waals surface area contributed by atoms with Crippen molar-refractivity contribution in [2.75, 3.05) is 25.5 Å². The zero-order chi connectivity index (χ0) is 28.6. The van der Waals surface area contributed by atoms with Gasteiger partial charge in [0.1, 0.15) is 29.2 Å². The Balaban J connectivity index is 1.45. The predicted octanol–water partition coefficient (Wildman–Crippen LogP) is 3.66. The van der Waals surface area contributed by atoms with Crippen LogP contribution in [0.15, 0.2) is 59.5 Å². The van der Waals surface area contributed by atoms with Crippen molar-refractivity contribution in [2.24, 2.45) is 0 Å². The molecule has 40 heavy (non-hydrogen) atoms. The number of hydrogen-bond acceptors (Lipinski definition) is 7. The number of halogens is 1. The Labute approximate surface area is 239 Å². The first-order chi connectivity index (χ1) is 19.1. The second-order valence-electron chi connectivity index (χ2n) is 9.80. The number of benzene rings is 2. The van der Waals surface area contributed by atoms with E-state index in [1.807, 2.05) is 18.0 Å². The standard InChI is InChI=1S/C29H26ClN5O4S/c1-33(15-24(36)25-8-7-20(11-31)40-25)13-18-9-21-27-23(10-18)34(2)26(37)16-35(27)14-22(28(21)38)29(39)32-12-17-3-5-19(30)6-4-17/h3-10,14,24,36H,12-13,15-16H2,1-2H3,(H,32,39). The predicted molar refractivity (Wildman–Crippen MR) is 155 cm³/mol. The zero-order valence-corrected chi connectivity index (χ0v) is 23.4. The summed E-state index contributed by atoms with van der Waals surface area (Å²) in [6.07, 6.45) is 0.669. The molecule has 0 saturated heterocycles. The number of nitriles is 1. The number of anilines is 1. The Hall–Kier alpha value is -4.01. The van der Waals surface area contributed by atoms with Gasteiger partial charge in [-0.3, -0.25) is 19.3 Å². The molecule has 0 spiro atoms. The lowest BCUT2D eigenvalue weighted by atomic mass is 10.0. The fourth-order valence-corrected chi connectivity index (χ4v) is 5.74. The first-order valence-corrected chi connectivity index (χ1v) is 13.7. The average Bonchev–Trinajstić information content (AvgIpc) is 3.42. The Kier molecular flexibility index (Phi) is 7.74. The molecule has 1 unspecified atom stereocenters. The second-order valence-corrected chi connectivity index (χ2v) is 11.4. The first-order valence-electron chi connectivity index (χ1n) is 12.5. The van der Waals surface area contributed by atoms with Gasteiger partial charge in [-0.1, -0.05) is 23.7 Å². The lowest BCUT2D eigenvalue weighted by Gasteiger charge is -2.29. The van der Waals surface area contributed by atoms with Gasteiger partial charge in [-0.2, -0.15) is 5.26 Å². The topological polar surface area (TPSA) is 119 Å². The number of nitrogens with zero attached hydrogens (tertiary/aromatic N) is 4. The molecule has 0 radical (unpaired) electrons. The van der Waals surface area contributed by atoms with E-state index in [1.165, 1.54) is 22.4 Å². The van der Waals surface area contributed by atoms with E-state index < -0.39 is 17.4 Å². The van der Waals surface area contributed by atoms with Crippen molar-refractivity contribution in [1.29, 1.82) is 5.26 Å². The minimum absolute atomic E-state index is 0.00862.